The van der Waals surface area contributed by atoms with E-state index in [1.165, 1.54) is 0 Å². The number of anilines is 3. The van der Waals surface area contributed by atoms with Gasteiger partial charge in [0.25, 0.3) is 0 Å². The lowest BCUT2D eigenvalue weighted by Crippen LogP contribution is -1.94. The SMILES string of the molecule is CCOc1ccc(Nc2ccc(N)cc2Br)cc1. The zero-order chi connectivity index (χ0) is 13.0. The molecule has 94 valence electrons. The van der Waals surface area contributed by atoms with Crippen LogP contribution in [0.5, 0.6) is 5.75 Å². The zero-order valence-corrected chi connectivity index (χ0v) is 11.7. The van der Waals surface area contributed by atoms with Gasteiger partial charge in [-0.1, -0.05) is 0 Å². The molecule has 0 saturated heterocycles. The van der Waals surface area contributed by atoms with E-state index in [-0.39, 0.29) is 0 Å². The van der Waals surface area contributed by atoms with E-state index in [9.17, 15) is 0 Å². The molecule has 0 spiro atoms. The van der Waals surface area contributed by atoms with Crippen molar-refractivity contribution >= 4 is 33.0 Å². The summed E-state index contributed by atoms with van der Waals surface area (Å²) in [6.45, 7) is 2.65. The summed E-state index contributed by atoms with van der Waals surface area (Å²) in [6, 6.07) is 13.5. The van der Waals surface area contributed by atoms with Crippen LogP contribution in [0.25, 0.3) is 0 Å². The van der Waals surface area contributed by atoms with Gasteiger partial charge in [0.05, 0.1) is 12.3 Å². The Bertz CT molecular complexity index is 526. The van der Waals surface area contributed by atoms with Crippen molar-refractivity contribution in [2.75, 3.05) is 17.7 Å². The summed E-state index contributed by atoms with van der Waals surface area (Å²) in [6.07, 6.45) is 0. The van der Waals surface area contributed by atoms with Crippen LogP contribution < -0.4 is 15.8 Å². The Hall–Kier alpha value is -1.68. The molecule has 0 aliphatic carbocycles. The summed E-state index contributed by atoms with van der Waals surface area (Å²) in [5, 5.41) is 3.31. The molecule has 0 radical (unpaired) electrons. The number of nitrogens with two attached hydrogens (primary N) is 1. The third-order valence-electron chi connectivity index (χ3n) is 2.44. The Balaban J connectivity index is 2.13. The molecule has 0 bridgehead atoms. The summed E-state index contributed by atoms with van der Waals surface area (Å²) < 4.78 is 6.34. The lowest BCUT2D eigenvalue weighted by atomic mass is 10.2. The second-order valence-electron chi connectivity index (χ2n) is 3.82. The molecular weight excluding hydrogens is 292 g/mol. The molecule has 4 heteroatoms. The fraction of sp³-hybridized carbons (Fsp3) is 0.143. The molecule has 0 heterocycles. The molecule has 0 atom stereocenters. The highest BCUT2D eigenvalue weighted by Gasteiger charge is 2.01. The van der Waals surface area contributed by atoms with E-state index in [0.717, 1.165) is 27.3 Å². The number of hydrogen-bond acceptors (Lipinski definition) is 3. The number of rotatable bonds is 4. The quantitative estimate of drug-likeness (QED) is 0.833. The van der Waals surface area contributed by atoms with Gasteiger partial charge in [0.1, 0.15) is 5.75 Å². The van der Waals surface area contributed by atoms with Crippen molar-refractivity contribution in [2.24, 2.45) is 0 Å². The van der Waals surface area contributed by atoms with E-state index in [1.54, 1.807) is 0 Å². The van der Waals surface area contributed by atoms with E-state index in [2.05, 4.69) is 21.2 Å². The summed E-state index contributed by atoms with van der Waals surface area (Å²) in [5.41, 5.74) is 8.42. The third kappa shape index (κ3) is 3.17. The molecule has 2 aromatic carbocycles. The minimum absolute atomic E-state index is 0.677. The second kappa shape index (κ2) is 5.78. The van der Waals surface area contributed by atoms with Gasteiger partial charge < -0.3 is 15.8 Å². The van der Waals surface area contributed by atoms with Crippen LogP contribution in [0, 0.1) is 0 Å². The smallest absolute Gasteiger partial charge is 0.119 e. The maximum atomic E-state index is 5.70. The van der Waals surface area contributed by atoms with Gasteiger partial charge in [-0.05, 0) is 65.3 Å². The highest BCUT2D eigenvalue weighted by Crippen LogP contribution is 2.28. The van der Waals surface area contributed by atoms with Gasteiger partial charge in [0.2, 0.25) is 0 Å². The molecule has 18 heavy (non-hydrogen) atoms. The molecular formula is C14H15BrN2O. The van der Waals surface area contributed by atoms with Crippen molar-refractivity contribution in [2.45, 2.75) is 6.92 Å². The van der Waals surface area contributed by atoms with E-state index in [1.807, 2.05) is 49.4 Å². The van der Waals surface area contributed by atoms with Crippen LogP contribution in [-0.2, 0) is 0 Å². The number of halogens is 1. The Morgan fingerprint density at radius 2 is 1.89 bits per heavy atom. The Kier molecular flexibility index (Phi) is 4.10. The fourth-order valence-electron chi connectivity index (χ4n) is 1.59. The topological polar surface area (TPSA) is 47.3 Å². The van der Waals surface area contributed by atoms with Gasteiger partial charge in [-0.25, -0.2) is 0 Å². The number of nitrogen functional groups attached to an aromatic ring is 1. The van der Waals surface area contributed by atoms with E-state index >= 15 is 0 Å². The molecule has 0 aliphatic rings. The predicted octanol–water partition coefficient (Wildman–Crippen LogP) is 4.17. The first-order chi connectivity index (χ1) is 8.69. The van der Waals surface area contributed by atoms with Crippen LogP contribution in [-0.4, -0.2) is 6.61 Å². The molecule has 0 saturated carbocycles. The predicted molar refractivity (Wildman–Crippen MR) is 79.4 cm³/mol. The lowest BCUT2D eigenvalue weighted by molar-refractivity contribution is 0.340. The standard InChI is InChI=1S/C14H15BrN2O/c1-2-18-12-6-4-11(5-7-12)17-14-8-3-10(16)9-13(14)15/h3-9,17H,2,16H2,1H3. The first-order valence-electron chi connectivity index (χ1n) is 5.74. The van der Waals surface area contributed by atoms with Crippen LogP contribution >= 0.6 is 15.9 Å². The maximum absolute atomic E-state index is 5.70. The fourth-order valence-corrected chi connectivity index (χ4v) is 2.09. The highest BCUT2D eigenvalue weighted by molar-refractivity contribution is 9.10. The number of hydrogen-bond donors (Lipinski definition) is 2. The van der Waals surface area contributed by atoms with Crippen molar-refractivity contribution in [1.29, 1.82) is 0 Å². The van der Waals surface area contributed by atoms with Gasteiger partial charge in [-0.15, -0.1) is 0 Å². The second-order valence-corrected chi connectivity index (χ2v) is 4.68. The van der Waals surface area contributed by atoms with Crippen LogP contribution in [0.15, 0.2) is 46.9 Å². The minimum Gasteiger partial charge on any atom is -0.494 e. The van der Waals surface area contributed by atoms with Gasteiger partial charge in [-0.2, -0.15) is 0 Å². The number of ether oxygens (including phenoxy) is 1. The average Bonchev–Trinajstić information content (AvgIpc) is 2.35. The van der Waals surface area contributed by atoms with Crippen molar-refractivity contribution in [3.8, 4) is 5.75 Å². The molecule has 0 aromatic heterocycles. The molecule has 0 unspecified atom stereocenters. The van der Waals surface area contributed by atoms with E-state index in [4.69, 9.17) is 10.5 Å². The molecule has 0 amide bonds. The van der Waals surface area contributed by atoms with Gasteiger partial charge in [0, 0.05) is 15.8 Å². The Morgan fingerprint density at radius 1 is 1.17 bits per heavy atom. The maximum Gasteiger partial charge on any atom is 0.119 e. The number of nitrogens with one attached hydrogen (secondary N) is 1. The van der Waals surface area contributed by atoms with Gasteiger partial charge in [0.15, 0.2) is 0 Å². The average molecular weight is 307 g/mol. The Labute approximate surface area is 115 Å². The summed E-state index contributed by atoms with van der Waals surface area (Å²) in [4.78, 5) is 0. The summed E-state index contributed by atoms with van der Waals surface area (Å²) in [7, 11) is 0. The molecule has 3 N–H and O–H groups in total. The monoisotopic (exact) mass is 306 g/mol. The minimum atomic E-state index is 0.677. The van der Waals surface area contributed by atoms with Crippen LogP contribution in [0.1, 0.15) is 6.92 Å². The summed E-state index contributed by atoms with van der Waals surface area (Å²) in [5.74, 6) is 0.874. The van der Waals surface area contributed by atoms with Crippen LogP contribution in [0.4, 0.5) is 17.1 Å². The Morgan fingerprint density at radius 3 is 2.50 bits per heavy atom. The third-order valence-corrected chi connectivity index (χ3v) is 3.09. The molecule has 2 rings (SSSR count). The van der Waals surface area contributed by atoms with Crippen molar-refractivity contribution in [3.05, 3.63) is 46.9 Å². The van der Waals surface area contributed by atoms with Gasteiger partial charge in [-0.3, -0.25) is 0 Å². The van der Waals surface area contributed by atoms with E-state index in [0.29, 0.717) is 6.61 Å². The van der Waals surface area contributed by atoms with Crippen molar-refractivity contribution < 1.29 is 4.74 Å². The van der Waals surface area contributed by atoms with Crippen LogP contribution in [0.2, 0.25) is 0 Å². The normalized spacial score (nSPS) is 10.1. The highest BCUT2D eigenvalue weighted by atomic mass is 79.9. The first kappa shape index (κ1) is 12.8. The number of benzene rings is 2. The summed E-state index contributed by atoms with van der Waals surface area (Å²) >= 11 is 3.48. The molecule has 0 fully saturated rings. The zero-order valence-electron chi connectivity index (χ0n) is 10.1. The molecule has 0 aliphatic heterocycles. The lowest BCUT2D eigenvalue weighted by Gasteiger charge is -2.10. The van der Waals surface area contributed by atoms with Crippen molar-refractivity contribution in [1.82, 2.24) is 0 Å². The van der Waals surface area contributed by atoms with Gasteiger partial charge >= 0.3 is 0 Å². The van der Waals surface area contributed by atoms with Crippen LogP contribution in [0.3, 0.4) is 0 Å². The van der Waals surface area contributed by atoms with Crippen molar-refractivity contribution in [3.63, 3.8) is 0 Å². The molecule has 3 nitrogen and oxygen atoms in total. The first-order valence-corrected chi connectivity index (χ1v) is 6.53. The molecule has 2 aromatic rings. The van der Waals surface area contributed by atoms with E-state index < -0.39 is 0 Å². The largest absolute Gasteiger partial charge is 0.494 e.